The number of hydrogen-bond acceptors (Lipinski definition) is 18. The lowest BCUT2D eigenvalue weighted by Gasteiger charge is -2.38. The first kappa shape index (κ1) is 44.6. The highest BCUT2D eigenvalue weighted by molar-refractivity contribution is 5.96. The second-order valence-electron chi connectivity index (χ2n) is 13.1. The second kappa shape index (κ2) is 21.4. The first-order valence-corrected chi connectivity index (χ1v) is 18.1. The average molecular weight is 810 g/mol. The number of anilines is 1. The summed E-state index contributed by atoms with van der Waals surface area (Å²) in [5, 5.41) is 49.8. The summed E-state index contributed by atoms with van der Waals surface area (Å²) in [5.74, 6) is -2.17. The van der Waals surface area contributed by atoms with Gasteiger partial charge in [-0.05, 0) is 31.2 Å². The number of aryl methyl sites for hydroxylation is 2. The number of rotatable bonds is 19. The first-order chi connectivity index (χ1) is 27.7. The van der Waals surface area contributed by atoms with Crippen LogP contribution in [0.25, 0.3) is 11.2 Å². The number of aromatic amines is 1. The van der Waals surface area contributed by atoms with Crippen molar-refractivity contribution in [1.29, 1.82) is 0 Å². The quantitative estimate of drug-likeness (QED) is 0.0416. The van der Waals surface area contributed by atoms with Crippen molar-refractivity contribution < 1.29 is 58.7 Å². The summed E-state index contributed by atoms with van der Waals surface area (Å²) >= 11 is 0. The highest BCUT2D eigenvalue weighted by Crippen LogP contribution is 2.22. The summed E-state index contributed by atoms with van der Waals surface area (Å²) in [7, 11) is 0. The molecule has 1 aliphatic heterocycles. The van der Waals surface area contributed by atoms with Gasteiger partial charge in [-0.2, -0.15) is 14.6 Å². The van der Waals surface area contributed by atoms with Crippen LogP contribution >= 0.6 is 0 Å². The molecule has 4 heterocycles. The van der Waals surface area contributed by atoms with E-state index in [4.69, 9.17) is 24.8 Å². The number of ether oxygens (including phenoxy) is 2. The minimum Gasteiger partial charge on any atom is -0.479 e. The van der Waals surface area contributed by atoms with Gasteiger partial charge in [0.2, 0.25) is 11.9 Å². The van der Waals surface area contributed by atoms with Gasteiger partial charge in [-0.15, -0.1) is 5.10 Å². The second-order valence-corrected chi connectivity index (χ2v) is 13.1. The van der Waals surface area contributed by atoms with Gasteiger partial charge in [0.15, 0.2) is 35.1 Å². The predicted molar refractivity (Wildman–Crippen MR) is 195 cm³/mol. The summed E-state index contributed by atoms with van der Waals surface area (Å²) in [4.78, 5) is 92.8. The number of Topliss-reactive ketones (excluding diaryl/α,β-unsaturated/α-hetero) is 2. The number of nitrogens with one attached hydrogen (secondary N) is 2. The molecule has 58 heavy (non-hydrogen) atoms. The molecule has 1 amide bonds. The molecular formula is C36H43N9O13. The van der Waals surface area contributed by atoms with E-state index >= 15 is 0 Å². The van der Waals surface area contributed by atoms with Crippen molar-refractivity contribution in [1.82, 2.24) is 40.2 Å². The molecule has 1 aromatic carbocycles. The number of nitrogens with zero attached hydrogens (tertiary/aromatic N) is 6. The molecule has 3 aromatic heterocycles. The Balaban J connectivity index is 0.00000240. The number of ketones is 2. The van der Waals surface area contributed by atoms with E-state index in [1.165, 1.54) is 4.68 Å². The molecule has 1 fully saturated rings. The zero-order chi connectivity index (χ0) is 42.4. The van der Waals surface area contributed by atoms with E-state index in [9.17, 15) is 44.4 Å². The van der Waals surface area contributed by atoms with Crippen molar-refractivity contribution >= 4 is 46.7 Å². The van der Waals surface area contributed by atoms with Crippen LogP contribution in [0.15, 0.2) is 41.5 Å². The highest BCUT2D eigenvalue weighted by Gasteiger charge is 2.47. The lowest BCUT2D eigenvalue weighted by Crippen LogP contribution is -2.60. The van der Waals surface area contributed by atoms with Crippen LogP contribution in [-0.2, 0) is 59.3 Å². The van der Waals surface area contributed by atoms with E-state index in [1.54, 1.807) is 31.5 Å². The Morgan fingerprint density at radius 3 is 2.41 bits per heavy atom. The number of aliphatic hydroxyl groups is 3. The van der Waals surface area contributed by atoms with E-state index in [1.807, 2.05) is 12.1 Å². The minimum atomic E-state index is -1.84. The maximum absolute atomic E-state index is 12.8. The third-order valence-corrected chi connectivity index (χ3v) is 8.98. The number of amides is 1. The summed E-state index contributed by atoms with van der Waals surface area (Å²) in [6.45, 7) is 1.63. The van der Waals surface area contributed by atoms with E-state index < -0.39 is 48.3 Å². The number of carboxylic acid groups (broad SMARTS) is 1. The van der Waals surface area contributed by atoms with E-state index in [2.05, 4.69) is 35.6 Å². The molecule has 0 saturated carbocycles. The zero-order valence-electron chi connectivity index (χ0n) is 31.2. The van der Waals surface area contributed by atoms with Gasteiger partial charge in [0.1, 0.15) is 18.3 Å². The maximum Gasteiger partial charge on any atom is 0.373 e. The molecule has 22 heteroatoms. The molecule has 0 spiro atoms. The van der Waals surface area contributed by atoms with Crippen LogP contribution in [0.1, 0.15) is 66.3 Å². The van der Waals surface area contributed by atoms with Crippen molar-refractivity contribution in [3.05, 3.63) is 69.5 Å². The number of carboxylic acids is 1. The van der Waals surface area contributed by atoms with Gasteiger partial charge in [-0.3, -0.25) is 24.2 Å². The highest BCUT2D eigenvalue weighted by atomic mass is 16.7. The fraction of sp³-hybridized carbons (Fsp3) is 0.472. The van der Waals surface area contributed by atoms with Crippen molar-refractivity contribution in [3.8, 4) is 0 Å². The van der Waals surface area contributed by atoms with Gasteiger partial charge in [0.25, 0.3) is 5.56 Å². The largest absolute Gasteiger partial charge is 0.479 e. The summed E-state index contributed by atoms with van der Waals surface area (Å²) in [5.41, 5.74) is 7.92. The van der Waals surface area contributed by atoms with Crippen molar-refractivity contribution in [2.75, 3.05) is 12.3 Å². The monoisotopic (exact) mass is 809 g/mol. The Morgan fingerprint density at radius 2 is 1.72 bits per heavy atom. The van der Waals surface area contributed by atoms with Gasteiger partial charge >= 0.3 is 12.1 Å². The molecule has 22 nitrogen and oxygen atoms in total. The van der Waals surface area contributed by atoms with Crippen LogP contribution in [0, 0.1) is 0 Å². The standard InChI is InChI=1S/C35H43N9O11.CO2/c1-2-23(45)22(15-21-17-44(43-42-21)13-14-54-34-29(50)27(48)28(49)30(55-34)33(52)53)39-25(47)6-4-3-5-24(46)19-10-7-18(8-11-19)9-12-20-16-37-31-26(38-20)32(51)41-35(36)40-31;2-1-3/h7-8,10-11,16-17,22,27-30,34,48-50H,2-6,9,12-15H2,1H3,(H,39,47)(H,52,53)(H3,36,37,40,41,51);/t22-,27-,28?,29?,30?,34+;/m0./s1. The lowest BCUT2D eigenvalue weighted by molar-refractivity contribution is -0.294. The number of aliphatic carboxylic acids is 1. The molecule has 0 aliphatic carbocycles. The fourth-order valence-electron chi connectivity index (χ4n) is 5.90. The molecule has 0 bridgehead atoms. The predicted octanol–water partition coefficient (Wildman–Crippen LogP) is -1.55. The zero-order valence-corrected chi connectivity index (χ0v) is 31.2. The number of hydrogen-bond donors (Lipinski definition) is 7. The molecule has 8 N–H and O–H groups in total. The number of benzene rings is 1. The van der Waals surface area contributed by atoms with Gasteiger partial charge in [0, 0.05) is 37.4 Å². The number of carbonyl (C=O) groups is 4. The Morgan fingerprint density at radius 1 is 1.02 bits per heavy atom. The van der Waals surface area contributed by atoms with E-state index in [0.29, 0.717) is 42.6 Å². The summed E-state index contributed by atoms with van der Waals surface area (Å²) < 4.78 is 11.8. The molecule has 1 saturated heterocycles. The van der Waals surface area contributed by atoms with Crippen LogP contribution in [0.5, 0.6) is 0 Å². The number of nitrogen functional groups attached to an aromatic ring is 1. The topological polar surface area (TPSA) is 342 Å². The maximum atomic E-state index is 12.8. The SMILES string of the molecule is CCC(=O)[C@H](Cc1cn(CCO[C@@H]2OC(C(=O)O)C(O)[C@H](O)C2O)nn1)NC(=O)CCCCC(=O)c1ccc(CCc2cnc3nc(N)[nH]c(=O)c3n2)cc1.O=C=O. The molecule has 310 valence electrons. The Kier molecular flexibility index (Phi) is 16.4. The Bertz CT molecular complexity index is 2140. The van der Waals surface area contributed by atoms with Crippen molar-refractivity contribution in [2.45, 2.75) is 102 Å². The average Bonchev–Trinajstić information content (AvgIpc) is 3.65. The van der Waals surface area contributed by atoms with E-state index in [-0.39, 0.29) is 79.6 Å². The smallest absolute Gasteiger partial charge is 0.373 e. The first-order valence-electron chi connectivity index (χ1n) is 18.1. The van der Waals surface area contributed by atoms with Crippen LogP contribution < -0.4 is 16.6 Å². The van der Waals surface area contributed by atoms with Crippen LogP contribution in [0.3, 0.4) is 0 Å². The number of unbranched alkanes of at least 4 members (excludes halogenated alkanes) is 1. The van der Waals surface area contributed by atoms with E-state index in [0.717, 1.165) is 5.56 Å². The molecule has 5 rings (SSSR count). The van der Waals surface area contributed by atoms with Gasteiger partial charge < -0.3 is 41.0 Å². The van der Waals surface area contributed by atoms with Gasteiger partial charge in [0.05, 0.1) is 36.8 Å². The molecule has 0 radical (unpaired) electrons. The number of H-pyrrole nitrogens is 1. The number of fused-ring (bicyclic) bond motifs is 1. The lowest BCUT2D eigenvalue weighted by atomic mass is 9.99. The molecule has 4 aromatic rings. The number of aliphatic hydroxyl groups excluding tert-OH is 3. The third-order valence-electron chi connectivity index (χ3n) is 8.98. The van der Waals surface area contributed by atoms with Crippen LogP contribution in [0.2, 0.25) is 0 Å². The van der Waals surface area contributed by atoms with Gasteiger partial charge in [-0.1, -0.05) is 36.4 Å². The Hall–Kier alpha value is -6.16. The molecule has 1 aliphatic rings. The molecule has 6 atom stereocenters. The fourth-order valence-corrected chi connectivity index (χ4v) is 5.90. The van der Waals surface area contributed by atoms with Gasteiger partial charge in [-0.25, -0.2) is 19.4 Å². The van der Waals surface area contributed by atoms with Crippen LogP contribution in [0.4, 0.5) is 5.95 Å². The third kappa shape index (κ3) is 12.4. The Labute approximate surface area is 328 Å². The summed E-state index contributed by atoms with van der Waals surface area (Å²) in [6, 6.07) is 6.37. The number of aromatic nitrogens is 7. The summed E-state index contributed by atoms with van der Waals surface area (Å²) in [6.07, 6.45) is -2.65. The van der Waals surface area contributed by atoms with Crippen LogP contribution in [-0.4, -0.2) is 128 Å². The normalized spacial score (nSPS) is 19.3. The molecule has 3 unspecified atom stereocenters. The number of nitrogens with two attached hydrogens (primary N) is 1. The van der Waals surface area contributed by atoms with Crippen molar-refractivity contribution in [3.63, 3.8) is 0 Å². The van der Waals surface area contributed by atoms with Crippen molar-refractivity contribution in [2.24, 2.45) is 0 Å². The minimum absolute atomic E-state index is 0.0307. The molecular weight excluding hydrogens is 766 g/mol. The number of carbonyl (C=O) groups excluding carboxylic acids is 5.